The van der Waals surface area contributed by atoms with Crippen LogP contribution in [0, 0.1) is 13.8 Å². The van der Waals surface area contributed by atoms with Gasteiger partial charge in [0.25, 0.3) is 5.56 Å². The number of anilines is 1. The maximum absolute atomic E-state index is 13.4. The molecule has 0 saturated carbocycles. The summed E-state index contributed by atoms with van der Waals surface area (Å²) >= 11 is 1.24. The zero-order valence-corrected chi connectivity index (χ0v) is 19.8. The van der Waals surface area contributed by atoms with Gasteiger partial charge in [0, 0.05) is 11.8 Å². The molecule has 0 radical (unpaired) electrons. The lowest BCUT2D eigenvalue weighted by atomic mass is 10.1. The SMILES string of the molecule is COc1cccc(-n2c(SC(C)C(=O)Nc3cc(C)ccc3C)nc3ccccc3c2=O)c1. The summed E-state index contributed by atoms with van der Waals surface area (Å²) in [5, 5.41) is 3.47. The first-order valence-electron chi connectivity index (χ1n) is 10.6. The molecular weight excluding hydrogens is 434 g/mol. The number of ether oxygens (including phenoxy) is 1. The molecule has 0 bridgehead atoms. The third kappa shape index (κ3) is 4.78. The van der Waals surface area contributed by atoms with Crippen LogP contribution in [0.5, 0.6) is 5.75 Å². The Morgan fingerprint density at radius 3 is 2.64 bits per heavy atom. The van der Waals surface area contributed by atoms with Crippen molar-refractivity contribution < 1.29 is 9.53 Å². The minimum absolute atomic E-state index is 0.159. The number of nitrogens with one attached hydrogen (secondary N) is 1. The van der Waals surface area contributed by atoms with Crippen LogP contribution in [0.15, 0.2) is 76.7 Å². The Labute approximate surface area is 196 Å². The summed E-state index contributed by atoms with van der Waals surface area (Å²) in [5.74, 6) is 0.470. The molecule has 1 N–H and O–H groups in total. The number of benzene rings is 3. The van der Waals surface area contributed by atoms with Crippen molar-refractivity contribution in [2.24, 2.45) is 0 Å². The Balaban J connectivity index is 1.74. The molecule has 168 valence electrons. The number of para-hydroxylation sites is 1. The quantitative estimate of drug-likeness (QED) is 0.320. The molecule has 4 aromatic rings. The van der Waals surface area contributed by atoms with E-state index in [1.54, 1.807) is 25.3 Å². The highest BCUT2D eigenvalue weighted by Crippen LogP contribution is 2.27. The standard InChI is InChI=1S/C26H25N3O3S/c1-16-12-13-17(2)23(14-16)27-24(30)18(3)33-26-28-22-11-6-5-10-21(22)25(31)29(26)19-8-7-9-20(15-19)32-4/h5-15,18H,1-4H3,(H,27,30). The van der Waals surface area contributed by atoms with Crippen molar-refractivity contribution >= 4 is 34.3 Å². The van der Waals surface area contributed by atoms with Crippen molar-refractivity contribution in [2.75, 3.05) is 12.4 Å². The van der Waals surface area contributed by atoms with E-state index in [1.165, 1.54) is 16.3 Å². The molecule has 1 heterocycles. The minimum Gasteiger partial charge on any atom is -0.497 e. The van der Waals surface area contributed by atoms with E-state index in [-0.39, 0.29) is 11.5 Å². The Morgan fingerprint density at radius 2 is 1.85 bits per heavy atom. The van der Waals surface area contributed by atoms with Crippen molar-refractivity contribution in [3.63, 3.8) is 0 Å². The number of methoxy groups -OCH3 is 1. The molecule has 1 atom stereocenters. The smallest absolute Gasteiger partial charge is 0.266 e. The van der Waals surface area contributed by atoms with Crippen LogP contribution >= 0.6 is 11.8 Å². The number of amides is 1. The number of aryl methyl sites for hydroxylation is 2. The van der Waals surface area contributed by atoms with E-state index in [0.29, 0.717) is 27.5 Å². The molecule has 0 fully saturated rings. The predicted octanol–water partition coefficient (Wildman–Crippen LogP) is 5.13. The number of nitrogens with zero attached hydrogens (tertiary/aromatic N) is 2. The van der Waals surface area contributed by atoms with E-state index in [2.05, 4.69) is 5.32 Å². The molecule has 1 aromatic heterocycles. The van der Waals surface area contributed by atoms with E-state index in [4.69, 9.17) is 9.72 Å². The first-order chi connectivity index (χ1) is 15.9. The second-order valence-corrected chi connectivity index (χ2v) is 9.13. The van der Waals surface area contributed by atoms with Gasteiger partial charge in [-0.2, -0.15) is 0 Å². The van der Waals surface area contributed by atoms with Gasteiger partial charge in [-0.25, -0.2) is 4.98 Å². The molecule has 0 spiro atoms. The Bertz CT molecular complexity index is 1400. The summed E-state index contributed by atoms with van der Waals surface area (Å²) in [6, 6.07) is 20.4. The Morgan fingerprint density at radius 1 is 1.06 bits per heavy atom. The second-order valence-electron chi connectivity index (χ2n) is 7.82. The molecule has 1 unspecified atom stereocenters. The molecule has 0 aliphatic heterocycles. The van der Waals surface area contributed by atoms with Gasteiger partial charge in [0.15, 0.2) is 5.16 Å². The molecular formula is C26H25N3O3S. The highest BCUT2D eigenvalue weighted by atomic mass is 32.2. The molecule has 7 heteroatoms. The fourth-order valence-corrected chi connectivity index (χ4v) is 4.41. The third-order valence-corrected chi connectivity index (χ3v) is 6.41. The van der Waals surface area contributed by atoms with Crippen molar-refractivity contribution in [3.05, 3.63) is 88.2 Å². The molecule has 1 amide bonds. The Kier molecular flexibility index (Phi) is 6.51. The van der Waals surface area contributed by atoms with Gasteiger partial charge in [-0.3, -0.25) is 14.2 Å². The number of hydrogen-bond donors (Lipinski definition) is 1. The highest BCUT2D eigenvalue weighted by Gasteiger charge is 2.21. The van der Waals surface area contributed by atoms with Gasteiger partial charge in [-0.15, -0.1) is 0 Å². The van der Waals surface area contributed by atoms with E-state index in [9.17, 15) is 9.59 Å². The zero-order chi connectivity index (χ0) is 23.5. The summed E-state index contributed by atoms with van der Waals surface area (Å²) < 4.78 is 6.88. The number of carbonyl (C=O) groups excluding carboxylic acids is 1. The lowest BCUT2D eigenvalue weighted by Crippen LogP contribution is -2.26. The summed E-state index contributed by atoms with van der Waals surface area (Å²) in [7, 11) is 1.58. The number of fused-ring (bicyclic) bond motifs is 1. The molecule has 0 saturated heterocycles. The molecule has 0 aliphatic rings. The van der Waals surface area contributed by atoms with Gasteiger partial charge in [0.2, 0.25) is 5.91 Å². The van der Waals surface area contributed by atoms with Gasteiger partial charge in [0.1, 0.15) is 5.75 Å². The molecule has 4 rings (SSSR count). The summed E-state index contributed by atoms with van der Waals surface area (Å²) in [6.07, 6.45) is 0. The maximum atomic E-state index is 13.4. The first-order valence-corrected chi connectivity index (χ1v) is 11.5. The van der Waals surface area contributed by atoms with Crippen LogP contribution in [0.4, 0.5) is 5.69 Å². The van der Waals surface area contributed by atoms with Crippen molar-refractivity contribution in [1.82, 2.24) is 9.55 Å². The van der Waals surface area contributed by atoms with Crippen molar-refractivity contribution in [2.45, 2.75) is 31.2 Å². The van der Waals surface area contributed by atoms with Crippen LogP contribution in [0.3, 0.4) is 0 Å². The van der Waals surface area contributed by atoms with E-state index < -0.39 is 5.25 Å². The molecule has 6 nitrogen and oxygen atoms in total. The normalized spacial score (nSPS) is 11.9. The fraction of sp³-hybridized carbons (Fsp3) is 0.192. The Hall–Kier alpha value is -3.58. The van der Waals surface area contributed by atoms with Crippen molar-refractivity contribution in [3.8, 4) is 11.4 Å². The van der Waals surface area contributed by atoms with Crippen LogP contribution in [0.25, 0.3) is 16.6 Å². The van der Waals surface area contributed by atoms with Crippen molar-refractivity contribution in [1.29, 1.82) is 0 Å². The second kappa shape index (κ2) is 9.50. The predicted molar refractivity (Wildman–Crippen MR) is 134 cm³/mol. The highest BCUT2D eigenvalue weighted by molar-refractivity contribution is 8.00. The lowest BCUT2D eigenvalue weighted by molar-refractivity contribution is -0.115. The topological polar surface area (TPSA) is 73.2 Å². The molecule has 33 heavy (non-hydrogen) atoms. The first kappa shape index (κ1) is 22.6. The largest absolute Gasteiger partial charge is 0.497 e. The van der Waals surface area contributed by atoms with E-state index >= 15 is 0 Å². The van der Waals surface area contributed by atoms with E-state index in [1.807, 2.05) is 69.3 Å². The average Bonchev–Trinajstić information content (AvgIpc) is 2.81. The van der Waals surface area contributed by atoms with Gasteiger partial charge in [0.05, 0.1) is 29.0 Å². The van der Waals surface area contributed by atoms with Gasteiger partial charge < -0.3 is 10.1 Å². The van der Waals surface area contributed by atoms with Crippen LogP contribution in [-0.4, -0.2) is 27.8 Å². The third-order valence-electron chi connectivity index (χ3n) is 5.36. The summed E-state index contributed by atoms with van der Waals surface area (Å²) in [6.45, 7) is 5.75. The lowest BCUT2D eigenvalue weighted by Gasteiger charge is -2.17. The summed E-state index contributed by atoms with van der Waals surface area (Å²) in [5.41, 5.74) is 3.86. The number of aromatic nitrogens is 2. The summed E-state index contributed by atoms with van der Waals surface area (Å²) in [4.78, 5) is 31.2. The van der Waals surface area contributed by atoms with Crippen LogP contribution in [0.1, 0.15) is 18.1 Å². The van der Waals surface area contributed by atoms with Crippen LogP contribution < -0.4 is 15.6 Å². The van der Waals surface area contributed by atoms with E-state index in [0.717, 1.165) is 16.8 Å². The van der Waals surface area contributed by atoms with Crippen LogP contribution in [0.2, 0.25) is 0 Å². The maximum Gasteiger partial charge on any atom is 0.266 e. The molecule has 0 aliphatic carbocycles. The molecule has 3 aromatic carbocycles. The fourth-order valence-electron chi connectivity index (χ4n) is 3.49. The number of thioether (sulfide) groups is 1. The van der Waals surface area contributed by atoms with Crippen LogP contribution in [-0.2, 0) is 4.79 Å². The monoisotopic (exact) mass is 459 g/mol. The number of rotatable bonds is 6. The minimum atomic E-state index is -0.491. The van der Waals surface area contributed by atoms with Gasteiger partial charge >= 0.3 is 0 Å². The zero-order valence-electron chi connectivity index (χ0n) is 19.0. The average molecular weight is 460 g/mol. The van der Waals surface area contributed by atoms with Gasteiger partial charge in [-0.05, 0) is 62.2 Å². The van der Waals surface area contributed by atoms with Gasteiger partial charge in [-0.1, -0.05) is 42.1 Å². The number of hydrogen-bond acceptors (Lipinski definition) is 5. The number of carbonyl (C=O) groups is 1.